The van der Waals surface area contributed by atoms with E-state index in [2.05, 4.69) is 166 Å². The molecular weight excluding hydrogens is 555 g/mol. The lowest BCUT2D eigenvalue weighted by molar-refractivity contribution is 0.660. The first-order chi connectivity index (χ1) is 22.5. The van der Waals surface area contributed by atoms with Crippen LogP contribution in [0.4, 0.5) is 0 Å². The minimum atomic E-state index is 0.0261. The van der Waals surface area contributed by atoms with Crippen LogP contribution in [0.15, 0.2) is 146 Å². The van der Waals surface area contributed by atoms with Crippen LogP contribution in [0.25, 0.3) is 61.3 Å². The molecule has 0 bridgehead atoms. The molecule has 2 aliphatic carbocycles. The zero-order valence-electron chi connectivity index (χ0n) is 26.7. The largest absolute Gasteiger partial charge is 0.248 e. The number of rotatable bonds is 5. The van der Waals surface area contributed by atoms with Gasteiger partial charge in [0, 0.05) is 11.0 Å². The summed E-state index contributed by atoms with van der Waals surface area (Å²) in [6.45, 7) is 6.92. The van der Waals surface area contributed by atoms with Gasteiger partial charge in [-0.25, -0.2) is 4.98 Å². The number of hydrogen-bond acceptors (Lipinski definition) is 1. The predicted octanol–water partition coefficient (Wildman–Crippen LogP) is 12.1. The Morgan fingerprint density at radius 2 is 1.15 bits per heavy atom. The van der Waals surface area contributed by atoms with Gasteiger partial charge in [-0.2, -0.15) is 0 Å². The van der Waals surface area contributed by atoms with Crippen molar-refractivity contribution in [2.75, 3.05) is 0 Å². The first-order valence-electron chi connectivity index (χ1n) is 16.4. The number of aromatic nitrogens is 1. The van der Waals surface area contributed by atoms with Crippen LogP contribution in [0, 0.1) is 6.92 Å². The molecule has 0 spiro atoms. The summed E-state index contributed by atoms with van der Waals surface area (Å²) in [5, 5.41) is 0. The summed E-state index contributed by atoms with van der Waals surface area (Å²) in [6, 6.07) is 46.7. The zero-order valence-corrected chi connectivity index (χ0v) is 26.7. The zero-order chi connectivity index (χ0) is 31.3. The van der Waals surface area contributed by atoms with E-state index in [9.17, 15) is 0 Å². The monoisotopic (exact) mass is 591 g/mol. The number of nitrogens with zero attached hydrogens (tertiary/aromatic N) is 1. The molecular formula is C45H37N. The summed E-state index contributed by atoms with van der Waals surface area (Å²) in [6.07, 6.45) is 8.93. The number of pyridine rings is 1. The smallest absolute Gasteiger partial charge is 0.0715 e. The van der Waals surface area contributed by atoms with Gasteiger partial charge in [0.05, 0.1) is 11.4 Å². The summed E-state index contributed by atoms with van der Waals surface area (Å²) in [7, 11) is 0. The Morgan fingerprint density at radius 1 is 0.500 bits per heavy atom. The molecule has 1 heterocycles. The van der Waals surface area contributed by atoms with Crippen LogP contribution in [0.1, 0.15) is 49.1 Å². The quantitative estimate of drug-likeness (QED) is 0.194. The van der Waals surface area contributed by atoms with Crippen molar-refractivity contribution in [3.8, 4) is 55.8 Å². The first kappa shape index (κ1) is 28.2. The number of allylic oxidation sites excluding steroid dienone is 4. The lowest BCUT2D eigenvalue weighted by atomic mass is 9.82. The van der Waals surface area contributed by atoms with Crippen LogP contribution in [0.2, 0.25) is 0 Å². The Labute approximate surface area is 272 Å². The van der Waals surface area contributed by atoms with E-state index in [-0.39, 0.29) is 5.41 Å². The van der Waals surface area contributed by atoms with Gasteiger partial charge in [0.2, 0.25) is 0 Å². The molecule has 5 aromatic carbocycles. The molecule has 0 aliphatic heterocycles. The molecule has 0 saturated heterocycles. The van der Waals surface area contributed by atoms with E-state index in [1.54, 1.807) is 0 Å². The Morgan fingerprint density at radius 3 is 1.93 bits per heavy atom. The lowest BCUT2D eigenvalue weighted by Gasteiger charge is -2.21. The maximum absolute atomic E-state index is 5.12. The van der Waals surface area contributed by atoms with Crippen molar-refractivity contribution < 1.29 is 0 Å². The van der Waals surface area contributed by atoms with Crippen molar-refractivity contribution in [2.45, 2.75) is 39.0 Å². The Hall–Kier alpha value is -5.27. The van der Waals surface area contributed by atoms with Gasteiger partial charge in [-0.3, -0.25) is 0 Å². The number of benzene rings is 5. The number of hydrogen-bond donors (Lipinski definition) is 0. The first-order valence-corrected chi connectivity index (χ1v) is 16.4. The van der Waals surface area contributed by atoms with Crippen LogP contribution >= 0.6 is 0 Å². The fourth-order valence-electron chi connectivity index (χ4n) is 7.40. The molecule has 0 amide bonds. The predicted molar refractivity (Wildman–Crippen MR) is 195 cm³/mol. The maximum Gasteiger partial charge on any atom is 0.0715 e. The van der Waals surface area contributed by atoms with E-state index in [4.69, 9.17) is 4.98 Å². The average molecular weight is 592 g/mol. The van der Waals surface area contributed by atoms with Gasteiger partial charge in [0.25, 0.3) is 0 Å². The summed E-state index contributed by atoms with van der Waals surface area (Å²) in [5.74, 6) is 0. The van der Waals surface area contributed by atoms with E-state index in [1.807, 2.05) is 0 Å². The Bertz CT molecular complexity index is 2160. The summed E-state index contributed by atoms with van der Waals surface area (Å²) >= 11 is 0. The van der Waals surface area contributed by atoms with E-state index in [0.717, 1.165) is 29.8 Å². The summed E-state index contributed by atoms with van der Waals surface area (Å²) < 4.78 is 0. The standard InChI is InChI=1S/C45H37N/c1-30-37(32-23-21-31(22-24-32)35-25-26-42-40(27-35)39-17-10-11-20-41(39)45(42,2)3)18-12-19-38(30)36-28-43(33-13-6-4-7-14-33)46-44(29-36)34-15-8-5-9-16-34/h4,6-8,10-29H,5,9H2,1-3H3. The molecule has 2 aliphatic rings. The topological polar surface area (TPSA) is 12.9 Å². The Balaban J connectivity index is 1.16. The molecule has 6 aromatic rings. The van der Waals surface area contributed by atoms with Crippen molar-refractivity contribution >= 4 is 5.57 Å². The van der Waals surface area contributed by atoms with E-state index in [1.165, 1.54) is 66.8 Å². The van der Waals surface area contributed by atoms with Crippen LogP contribution in [-0.2, 0) is 5.41 Å². The van der Waals surface area contributed by atoms with E-state index >= 15 is 0 Å². The second-order valence-electron chi connectivity index (χ2n) is 13.1. The highest BCUT2D eigenvalue weighted by Gasteiger charge is 2.35. The van der Waals surface area contributed by atoms with E-state index in [0.29, 0.717) is 0 Å². The highest BCUT2D eigenvalue weighted by Crippen LogP contribution is 2.49. The number of fused-ring (bicyclic) bond motifs is 3. The van der Waals surface area contributed by atoms with Crippen LogP contribution < -0.4 is 0 Å². The third-order valence-corrected chi connectivity index (χ3v) is 9.94. The van der Waals surface area contributed by atoms with Gasteiger partial charge in [-0.1, -0.05) is 141 Å². The fraction of sp³-hybridized carbons (Fsp3) is 0.133. The normalized spacial score (nSPS) is 14.5. The van der Waals surface area contributed by atoms with Crippen molar-refractivity contribution in [2.24, 2.45) is 0 Å². The third-order valence-electron chi connectivity index (χ3n) is 9.94. The van der Waals surface area contributed by atoms with Crippen LogP contribution in [0.3, 0.4) is 0 Å². The van der Waals surface area contributed by atoms with Gasteiger partial charge in [-0.05, 0) is 105 Å². The second kappa shape index (κ2) is 11.3. The molecule has 1 aromatic heterocycles. The average Bonchev–Trinajstić information content (AvgIpc) is 3.34. The third kappa shape index (κ3) is 4.84. The molecule has 46 heavy (non-hydrogen) atoms. The van der Waals surface area contributed by atoms with Crippen molar-refractivity contribution in [1.82, 2.24) is 4.98 Å². The molecule has 0 N–H and O–H groups in total. The minimum absolute atomic E-state index is 0.0261. The van der Waals surface area contributed by atoms with Gasteiger partial charge in [0.1, 0.15) is 0 Å². The summed E-state index contributed by atoms with van der Waals surface area (Å²) in [4.78, 5) is 5.12. The van der Waals surface area contributed by atoms with Gasteiger partial charge < -0.3 is 0 Å². The second-order valence-corrected chi connectivity index (χ2v) is 13.1. The van der Waals surface area contributed by atoms with Gasteiger partial charge in [0.15, 0.2) is 0 Å². The highest BCUT2D eigenvalue weighted by molar-refractivity contribution is 5.86. The molecule has 1 heteroatoms. The van der Waals surface area contributed by atoms with Crippen molar-refractivity contribution in [3.63, 3.8) is 0 Å². The molecule has 8 rings (SSSR count). The fourth-order valence-corrected chi connectivity index (χ4v) is 7.40. The molecule has 0 saturated carbocycles. The Kier molecular flexibility index (Phi) is 6.91. The van der Waals surface area contributed by atoms with Crippen molar-refractivity contribution in [1.29, 1.82) is 0 Å². The molecule has 0 unspecified atom stereocenters. The maximum atomic E-state index is 5.12. The minimum Gasteiger partial charge on any atom is -0.248 e. The van der Waals surface area contributed by atoms with Crippen molar-refractivity contribution in [3.05, 3.63) is 168 Å². The summed E-state index contributed by atoms with van der Waals surface area (Å²) in [5.41, 5.74) is 18.6. The van der Waals surface area contributed by atoms with E-state index < -0.39 is 0 Å². The molecule has 0 radical (unpaired) electrons. The van der Waals surface area contributed by atoms with Gasteiger partial charge >= 0.3 is 0 Å². The van der Waals surface area contributed by atoms with Gasteiger partial charge in [-0.15, -0.1) is 0 Å². The highest BCUT2D eigenvalue weighted by atomic mass is 14.7. The molecule has 0 atom stereocenters. The van der Waals surface area contributed by atoms with Crippen LogP contribution in [-0.4, -0.2) is 4.98 Å². The SMILES string of the molecule is Cc1c(-c2ccc(-c3ccc4c(c3)-c3ccccc3C4(C)C)cc2)cccc1-c1cc(C2=CCCC=C2)nc(-c2ccccc2)c1. The molecule has 222 valence electrons. The van der Waals surface area contributed by atoms with Crippen LogP contribution in [0.5, 0.6) is 0 Å². The molecule has 1 nitrogen and oxygen atoms in total. The molecule has 0 fully saturated rings. The lowest BCUT2D eigenvalue weighted by Crippen LogP contribution is -2.14.